The number of rotatable bonds is 2. The highest BCUT2D eigenvalue weighted by Gasteiger charge is 2.25. The van der Waals surface area contributed by atoms with Gasteiger partial charge >= 0.3 is 0 Å². The molecule has 1 atom stereocenters. The van der Waals surface area contributed by atoms with Crippen LogP contribution in [-0.4, -0.2) is 31.1 Å². The number of H-pyrrole nitrogens is 1. The molecule has 0 radical (unpaired) electrons. The van der Waals surface area contributed by atoms with Crippen LogP contribution in [0.25, 0.3) is 10.9 Å². The summed E-state index contributed by atoms with van der Waals surface area (Å²) in [5.41, 5.74) is 4.54. The van der Waals surface area contributed by atoms with Crippen molar-refractivity contribution in [2.75, 3.05) is 5.75 Å². The van der Waals surface area contributed by atoms with E-state index in [4.69, 9.17) is 0 Å². The number of aromatic nitrogens is 1. The van der Waals surface area contributed by atoms with Gasteiger partial charge in [0.2, 0.25) is 0 Å². The highest BCUT2D eigenvalue weighted by Crippen LogP contribution is 2.26. The molecule has 0 spiro atoms. The van der Waals surface area contributed by atoms with Crippen molar-refractivity contribution in [3.05, 3.63) is 46.0 Å². The van der Waals surface area contributed by atoms with Crippen molar-refractivity contribution in [3.63, 3.8) is 0 Å². The van der Waals surface area contributed by atoms with Crippen LogP contribution in [0.4, 0.5) is 0 Å². The zero-order valence-electron chi connectivity index (χ0n) is 12.7. The molecule has 1 aromatic carbocycles. The summed E-state index contributed by atoms with van der Waals surface area (Å²) in [6, 6.07) is 3.64. The number of amides is 1. The Morgan fingerprint density at radius 3 is 2.64 bits per heavy atom. The lowest BCUT2D eigenvalue weighted by Gasteiger charge is -2.09. The lowest BCUT2D eigenvalue weighted by Crippen LogP contribution is -2.35. The van der Waals surface area contributed by atoms with Gasteiger partial charge in [0.15, 0.2) is 9.84 Å². The average molecular weight is 318 g/mol. The number of carbonyl (C=O) groups excluding carboxylic acids is 1. The molecule has 0 saturated carbocycles. The van der Waals surface area contributed by atoms with Gasteiger partial charge < -0.3 is 10.3 Å². The second kappa shape index (κ2) is 4.98. The fraction of sp³-hybridized carbons (Fsp3) is 0.312. The largest absolute Gasteiger partial charge is 0.350 e. The van der Waals surface area contributed by atoms with Crippen LogP contribution in [0.2, 0.25) is 0 Å². The van der Waals surface area contributed by atoms with Crippen LogP contribution < -0.4 is 5.32 Å². The first-order valence-electron chi connectivity index (χ1n) is 7.08. The average Bonchev–Trinajstić information content (AvgIpc) is 2.91. The molecule has 5 nitrogen and oxygen atoms in total. The van der Waals surface area contributed by atoms with Crippen LogP contribution in [-0.2, 0) is 9.84 Å². The van der Waals surface area contributed by atoms with Gasteiger partial charge in [-0.2, -0.15) is 0 Å². The van der Waals surface area contributed by atoms with Crippen LogP contribution in [0.5, 0.6) is 0 Å². The molecule has 0 aliphatic carbocycles. The van der Waals surface area contributed by atoms with Crippen LogP contribution in [0.1, 0.15) is 27.2 Å². The molecule has 1 aromatic heterocycles. The predicted molar refractivity (Wildman–Crippen MR) is 86.7 cm³/mol. The van der Waals surface area contributed by atoms with E-state index in [0.717, 1.165) is 33.0 Å². The molecular weight excluding hydrogens is 300 g/mol. The van der Waals surface area contributed by atoms with Crippen molar-refractivity contribution >= 4 is 26.6 Å². The molecule has 22 heavy (non-hydrogen) atoms. The van der Waals surface area contributed by atoms with E-state index in [0.29, 0.717) is 5.69 Å². The molecule has 0 bridgehead atoms. The minimum Gasteiger partial charge on any atom is -0.350 e. The lowest BCUT2D eigenvalue weighted by molar-refractivity contribution is 0.0943. The van der Waals surface area contributed by atoms with E-state index in [2.05, 4.69) is 16.4 Å². The predicted octanol–water partition coefficient (Wildman–Crippen LogP) is 2.13. The number of nitrogens with one attached hydrogen (secondary N) is 2. The molecule has 0 fully saturated rings. The van der Waals surface area contributed by atoms with Gasteiger partial charge in [0, 0.05) is 16.3 Å². The number of sulfone groups is 1. The van der Waals surface area contributed by atoms with Crippen molar-refractivity contribution < 1.29 is 13.2 Å². The summed E-state index contributed by atoms with van der Waals surface area (Å²) in [5.74, 6) is -0.353. The van der Waals surface area contributed by atoms with E-state index in [1.807, 2.05) is 26.8 Å². The van der Waals surface area contributed by atoms with E-state index in [9.17, 15) is 13.2 Å². The van der Waals surface area contributed by atoms with Gasteiger partial charge in [-0.25, -0.2) is 8.42 Å². The van der Waals surface area contributed by atoms with Gasteiger partial charge in [-0.15, -0.1) is 0 Å². The SMILES string of the molecule is Cc1cc(C)c2[nH]c(C(=O)N[C@H]3C=CS(=O)(=O)C3)c(C)c2c1. The van der Waals surface area contributed by atoms with Crippen molar-refractivity contribution in [1.29, 1.82) is 0 Å². The fourth-order valence-corrected chi connectivity index (χ4v) is 4.15. The topological polar surface area (TPSA) is 79.0 Å². The second-order valence-corrected chi connectivity index (χ2v) is 7.80. The maximum absolute atomic E-state index is 12.4. The zero-order chi connectivity index (χ0) is 16.1. The summed E-state index contributed by atoms with van der Waals surface area (Å²) >= 11 is 0. The van der Waals surface area contributed by atoms with E-state index in [1.54, 1.807) is 0 Å². The lowest BCUT2D eigenvalue weighted by atomic mass is 10.1. The first kappa shape index (κ1) is 14.8. The van der Waals surface area contributed by atoms with Gasteiger partial charge in [-0.1, -0.05) is 11.6 Å². The molecule has 0 unspecified atom stereocenters. The summed E-state index contributed by atoms with van der Waals surface area (Å²) in [4.78, 5) is 15.6. The van der Waals surface area contributed by atoms with Crippen molar-refractivity contribution in [2.24, 2.45) is 0 Å². The fourth-order valence-electron chi connectivity index (χ4n) is 2.92. The monoisotopic (exact) mass is 318 g/mol. The zero-order valence-corrected chi connectivity index (χ0v) is 13.5. The number of aromatic amines is 1. The Kier molecular flexibility index (Phi) is 3.36. The Balaban J connectivity index is 1.94. The maximum Gasteiger partial charge on any atom is 0.268 e. The summed E-state index contributed by atoms with van der Waals surface area (Å²) < 4.78 is 22.8. The molecule has 2 N–H and O–H groups in total. The number of aryl methyl sites for hydroxylation is 3. The molecule has 6 heteroatoms. The normalized spacial score (nSPS) is 19.7. The van der Waals surface area contributed by atoms with Gasteiger partial charge in [0.25, 0.3) is 5.91 Å². The molecule has 1 amide bonds. The first-order valence-corrected chi connectivity index (χ1v) is 8.80. The van der Waals surface area contributed by atoms with Crippen LogP contribution >= 0.6 is 0 Å². The van der Waals surface area contributed by atoms with E-state index >= 15 is 0 Å². The molecule has 1 aliphatic rings. The van der Waals surface area contributed by atoms with E-state index in [1.165, 1.54) is 6.08 Å². The number of benzene rings is 1. The van der Waals surface area contributed by atoms with Crippen molar-refractivity contribution in [2.45, 2.75) is 26.8 Å². The number of fused-ring (bicyclic) bond motifs is 1. The smallest absolute Gasteiger partial charge is 0.268 e. The molecular formula is C16H18N2O3S. The van der Waals surface area contributed by atoms with Gasteiger partial charge in [-0.3, -0.25) is 4.79 Å². The summed E-state index contributed by atoms with van der Waals surface area (Å²) in [6.45, 7) is 5.92. The third-order valence-corrected chi connectivity index (χ3v) is 5.38. The van der Waals surface area contributed by atoms with Gasteiger partial charge in [-0.05, 0) is 44.0 Å². The number of hydrogen-bond donors (Lipinski definition) is 2. The van der Waals surface area contributed by atoms with E-state index in [-0.39, 0.29) is 11.7 Å². The molecule has 116 valence electrons. The summed E-state index contributed by atoms with van der Waals surface area (Å²) in [5, 5.41) is 4.93. The van der Waals surface area contributed by atoms with Crippen LogP contribution in [0, 0.1) is 20.8 Å². The molecule has 1 aliphatic heterocycles. The Morgan fingerprint density at radius 2 is 2.00 bits per heavy atom. The standard InChI is InChI=1S/C16H18N2O3S/c1-9-6-10(2)14-13(7-9)11(3)15(18-14)16(19)17-12-4-5-22(20,21)8-12/h4-7,12,18H,8H2,1-3H3,(H,17,19)/t12-/m0/s1. The summed E-state index contributed by atoms with van der Waals surface area (Å²) in [6.07, 6.45) is 1.51. The number of carbonyl (C=O) groups is 1. The molecule has 3 rings (SSSR count). The number of hydrogen-bond acceptors (Lipinski definition) is 3. The molecule has 2 heterocycles. The van der Waals surface area contributed by atoms with Crippen LogP contribution in [0.3, 0.4) is 0 Å². The van der Waals surface area contributed by atoms with Gasteiger partial charge in [0.05, 0.1) is 11.8 Å². The van der Waals surface area contributed by atoms with E-state index < -0.39 is 15.9 Å². The third kappa shape index (κ3) is 2.54. The molecule has 2 aromatic rings. The van der Waals surface area contributed by atoms with Gasteiger partial charge in [0.1, 0.15) is 5.69 Å². The highest BCUT2D eigenvalue weighted by molar-refractivity contribution is 7.94. The first-order chi connectivity index (χ1) is 10.3. The summed E-state index contributed by atoms with van der Waals surface area (Å²) in [7, 11) is -3.18. The Morgan fingerprint density at radius 1 is 1.27 bits per heavy atom. The minimum atomic E-state index is -3.18. The second-order valence-electron chi connectivity index (χ2n) is 5.87. The van der Waals surface area contributed by atoms with Crippen molar-refractivity contribution in [1.82, 2.24) is 10.3 Å². The highest BCUT2D eigenvalue weighted by atomic mass is 32.2. The van der Waals surface area contributed by atoms with Crippen molar-refractivity contribution in [3.8, 4) is 0 Å². The van der Waals surface area contributed by atoms with Crippen LogP contribution in [0.15, 0.2) is 23.6 Å². The Labute approximate surface area is 129 Å². The quantitative estimate of drug-likeness (QED) is 0.890. The molecule has 0 saturated heterocycles. The Bertz CT molecular complexity index is 907. The maximum atomic E-state index is 12.4. The Hall–Kier alpha value is -2.08. The third-order valence-electron chi connectivity index (χ3n) is 3.98. The minimum absolute atomic E-state index is 0.0733.